The van der Waals surface area contributed by atoms with E-state index in [1.165, 1.54) is 0 Å². The number of piperidine rings is 2. The number of aromatic nitrogens is 2. The highest BCUT2D eigenvalue weighted by atomic mass is 35.5. The van der Waals surface area contributed by atoms with E-state index in [2.05, 4.69) is 47.9 Å². The van der Waals surface area contributed by atoms with Gasteiger partial charge >= 0.3 is 0 Å². The molecule has 1 aliphatic carbocycles. The maximum Gasteiger partial charge on any atom is 0.271 e. The number of allylic oxidation sites excluding steroid dienone is 1. The predicted molar refractivity (Wildman–Crippen MR) is 213 cm³/mol. The van der Waals surface area contributed by atoms with Crippen molar-refractivity contribution < 1.29 is 23.9 Å². The van der Waals surface area contributed by atoms with Gasteiger partial charge in [-0.25, -0.2) is 9.97 Å². The van der Waals surface area contributed by atoms with E-state index in [1.807, 2.05) is 12.1 Å². The van der Waals surface area contributed by atoms with Crippen LogP contribution >= 0.6 is 11.6 Å². The number of amides is 4. The first kappa shape index (κ1) is 38.4. The van der Waals surface area contributed by atoms with E-state index in [0.29, 0.717) is 57.6 Å². The summed E-state index contributed by atoms with van der Waals surface area (Å²) in [5.74, 6) is 0.584. The van der Waals surface area contributed by atoms with Crippen LogP contribution in [0.5, 0.6) is 5.75 Å². The van der Waals surface area contributed by atoms with Gasteiger partial charge in [-0.05, 0) is 87.6 Å². The number of imide groups is 1. The summed E-state index contributed by atoms with van der Waals surface area (Å²) in [6.45, 7) is 10.0. The van der Waals surface area contributed by atoms with Crippen molar-refractivity contribution in [2.75, 3.05) is 55.6 Å². The van der Waals surface area contributed by atoms with Crippen LogP contribution in [0.3, 0.4) is 0 Å². The minimum absolute atomic E-state index is 0.0231. The van der Waals surface area contributed by atoms with Crippen molar-refractivity contribution in [1.29, 1.82) is 5.26 Å². The Labute approximate surface area is 336 Å². The zero-order valence-electron chi connectivity index (χ0n) is 31.8. The molecule has 1 saturated carbocycles. The lowest BCUT2D eigenvalue weighted by molar-refractivity contribution is -0.125. The molecule has 0 bridgehead atoms. The minimum atomic E-state index is -0.817. The summed E-state index contributed by atoms with van der Waals surface area (Å²) in [7, 11) is 0. The molecule has 2 aromatic carbocycles. The molecule has 5 heterocycles. The summed E-state index contributed by atoms with van der Waals surface area (Å²) in [6, 6.07) is 11.8. The van der Waals surface area contributed by atoms with Gasteiger partial charge in [-0.3, -0.25) is 29.0 Å². The Morgan fingerprint density at radius 2 is 1.65 bits per heavy atom. The van der Waals surface area contributed by atoms with Gasteiger partial charge in [0.25, 0.3) is 17.7 Å². The summed E-state index contributed by atoms with van der Waals surface area (Å²) in [5, 5.41) is 15.3. The molecule has 1 aromatic heterocycles. The molecule has 4 amide bonds. The first-order chi connectivity index (χ1) is 27.6. The zero-order valence-corrected chi connectivity index (χ0v) is 32.5. The van der Waals surface area contributed by atoms with Crippen LogP contribution in [0, 0.1) is 17.2 Å². The molecular formula is C42H46ClN9O5. The van der Waals surface area contributed by atoms with Crippen molar-refractivity contribution in [3.63, 3.8) is 0 Å². The summed E-state index contributed by atoms with van der Waals surface area (Å²) in [6.07, 6.45) is 9.45. The first-order valence-corrected chi connectivity index (χ1v) is 20.2. The summed E-state index contributed by atoms with van der Waals surface area (Å²) < 4.78 is 6.08. The zero-order chi connectivity index (χ0) is 39.6. The van der Waals surface area contributed by atoms with Crippen molar-refractivity contribution in [3.05, 3.63) is 88.5 Å². The second-order valence-corrected chi connectivity index (χ2v) is 16.1. The standard InChI is InChI=1S/C42H46ClN9O5/c1-26-2-11-37(40(54)47-26)52-41(55)33-10-6-30(20-34(33)42(52)56)50-18-16-49(17-19-50)25-27-12-14-51(15-13-27)38-24-45-36(23-46-38)39(53)48-29-4-8-31(9-5-29)57-32-7-3-28(22-44)35(43)21-32/h3,6-7,10,20-21,23-24,27,29,31,37H,1-2,4-5,8-9,11-19,25H2,(H,47,54)(H,48,53). The second kappa shape index (κ2) is 16.5. The van der Waals surface area contributed by atoms with Gasteiger partial charge in [-0.2, -0.15) is 5.26 Å². The first-order valence-electron chi connectivity index (χ1n) is 19.9. The SMILES string of the molecule is C=C1CCC(N2C(=O)c3ccc(N4CCN(CC5CCN(c6cnc(C(=O)NC7CCC(Oc8ccc(C#N)c(Cl)c8)CC7)cn6)CC5)CC4)cc3C2=O)C(=O)N1. The average molecular weight is 792 g/mol. The van der Waals surface area contributed by atoms with E-state index in [1.54, 1.807) is 36.7 Å². The fourth-order valence-electron chi connectivity index (χ4n) is 8.67. The topological polar surface area (TPSA) is 164 Å². The molecule has 8 rings (SSSR count). The normalized spacial score (nSPS) is 23.2. The lowest BCUT2D eigenvalue weighted by Gasteiger charge is -2.39. The third-order valence-corrected chi connectivity index (χ3v) is 12.3. The number of hydrogen-bond acceptors (Lipinski definition) is 11. The fraction of sp³-hybridized carbons (Fsp3) is 0.452. The minimum Gasteiger partial charge on any atom is -0.490 e. The average Bonchev–Trinajstić information content (AvgIpc) is 3.47. The number of piperazine rings is 1. The number of nitrogens with zero attached hydrogens (tertiary/aromatic N) is 7. The highest BCUT2D eigenvalue weighted by Crippen LogP contribution is 2.32. The largest absolute Gasteiger partial charge is 0.490 e. The number of rotatable bonds is 9. The molecule has 3 aromatic rings. The Morgan fingerprint density at radius 3 is 2.33 bits per heavy atom. The molecule has 2 N–H and O–H groups in total. The van der Waals surface area contributed by atoms with Gasteiger partial charge in [0.05, 0.1) is 40.2 Å². The number of nitrogens with one attached hydrogen (secondary N) is 2. The van der Waals surface area contributed by atoms with Gasteiger partial charge in [0, 0.05) is 69.3 Å². The van der Waals surface area contributed by atoms with Crippen LogP contribution in [-0.4, -0.2) is 107 Å². The number of carbonyl (C=O) groups excluding carboxylic acids is 4. The smallest absolute Gasteiger partial charge is 0.271 e. The fourth-order valence-corrected chi connectivity index (χ4v) is 8.89. The van der Waals surface area contributed by atoms with Gasteiger partial charge in [-0.1, -0.05) is 18.2 Å². The van der Waals surface area contributed by atoms with Crippen LogP contribution in [0.15, 0.2) is 61.1 Å². The Hall–Kier alpha value is -5.52. The van der Waals surface area contributed by atoms with Crippen molar-refractivity contribution in [2.24, 2.45) is 5.92 Å². The molecule has 57 heavy (non-hydrogen) atoms. The quantitative estimate of drug-likeness (QED) is 0.293. The molecule has 296 valence electrons. The number of anilines is 2. The third kappa shape index (κ3) is 8.31. The van der Waals surface area contributed by atoms with Crippen molar-refractivity contribution in [1.82, 2.24) is 30.4 Å². The van der Waals surface area contributed by atoms with Crippen molar-refractivity contribution in [2.45, 2.75) is 69.6 Å². The number of ether oxygens (including phenoxy) is 1. The van der Waals surface area contributed by atoms with Crippen LogP contribution < -0.4 is 25.2 Å². The third-order valence-electron chi connectivity index (χ3n) is 12.0. The summed E-state index contributed by atoms with van der Waals surface area (Å²) in [5.41, 5.74) is 2.95. The highest BCUT2D eigenvalue weighted by Gasteiger charge is 2.44. The number of benzene rings is 2. The Morgan fingerprint density at radius 1 is 0.895 bits per heavy atom. The molecule has 0 radical (unpaired) electrons. The monoisotopic (exact) mass is 791 g/mol. The van der Waals surface area contributed by atoms with Gasteiger partial charge < -0.3 is 25.2 Å². The van der Waals surface area contributed by atoms with Crippen LogP contribution in [-0.2, 0) is 4.79 Å². The Kier molecular flexibility index (Phi) is 11.1. The molecule has 4 fully saturated rings. The number of halogens is 1. The summed E-state index contributed by atoms with van der Waals surface area (Å²) >= 11 is 6.15. The van der Waals surface area contributed by atoms with E-state index in [4.69, 9.17) is 21.6 Å². The molecular weight excluding hydrogens is 746 g/mol. The van der Waals surface area contributed by atoms with Crippen LogP contribution in [0.4, 0.5) is 11.5 Å². The maximum absolute atomic E-state index is 13.4. The van der Waals surface area contributed by atoms with E-state index in [0.717, 1.165) is 101 Å². The van der Waals surface area contributed by atoms with Gasteiger partial charge in [-0.15, -0.1) is 0 Å². The predicted octanol–water partition coefficient (Wildman–Crippen LogP) is 4.55. The van der Waals surface area contributed by atoms with Gasteiger partial charge in [0.2, 0.25) is 5.91 Å². The van der Waals surface area contributed by atoms with Crippen molar-refractivity contribution >= 4 is 46.7 Å². The number of hydrogen-bond donors (Lipinski definition) is 2. The van der Waals surface area contributed by atoms with Crippen molar-refractivity contribution in [3.8, 4) is 11.8 Å². The number of nitriles is 1. The molecule has 3 saturated heterocycles. The number of carbonyl (C=O) groups is 4. The molecule has 14 nitrogen and oxygen atoms in total. The van der Waals surface area contributed by atoms with Crippen LogP contribution in [0.25, 0.3) is 0 Å². The number of fused-ring (bicyclic) bond motifs is 1. The van der Waals surface area contributed by atoms with E-state index >= 15 is 0 Å². The van der Waals surface area contributed by atoms with E-state index in [9.17, 15) is 19.2 Å². The lowest BCUT2D eigenvalue weighted by Crippen LogP contribution is -2.51. The highest BCUT2D eigenvalue weighted by molar-refractivity contribution is 6.31. The van der Waals surface area contributed by atoms with E-state index < -0.39 is 17.9 Å². The Balaban J connectivity index is 0.753. The van der Waals surface area contributed by atoms with Gasteiger partial charge in [0.1, 0.15) is 29.4 Å². The molecule has 1 unspecified atom stereocenters. The molecule has 0 spiro atoms. The van der Waals surface area contributed by atoms with Crippen LogP contribution in [0.2, 0.25) is 5.02 Å². The maximum atomic E-state index is 13.4. The second-order valence-electron chi connectivity index (χ2n) is 15.7. The molecule has 1 atom stereocenters. The Bertz CT molecular complexity index is 2100. The lowest BCUT2D eigenvalue weighted by atomic mass is 9.93. The van der Waals surface area contributed by atoms with Crippen LogP contribution in [0.1, 0.15) is 88.1 Å². The summed E-state index contributed by atoms with van der Waals surface area (Å²) in [4.78, 5) is 69.3. The van der Waals surface area contributed by atoms with E-state index in [-0.39, 0.29) is 24.0 Å². The molecule has 4 aliphatic heterocycles. The molecule has 5 aliphatic rings. The van der Waals surface area contributed by atoms with Gasteiger partial charge in [0.15, 0.2) is 0 Å². The molecule has 15 heteroatoms.